The summed E-state index contributed by atoms with van der Waals surface area (Å²) in [7, 11) is 0. The van der Waals surface area contributed by atoms with Crippen LogP contribution >= 0.6 is 11.3 Å². The molecule has 0 aliphatic carbocycles. The van der Waals surface area contributed by atoms with E-state index in [1.54, 1.807) is 0 Å². The summed E-state index contributed by atoms with van der Waals surface area (Å²) < 4.78 is 6.62. The SMILES string of the molecule is CC(C)(C)OC(=O)CN(CCCc1ccc(CN(C=O)OC(C)(C)C)cc1)CCNC(=O)c1cc2ccccc2s1. The lowest BCUT2D eigenvalue weighted by Crippen LogP contribution is -2.40. The molecule has 0 bridgehead atoms. The average molecular weight is 582 g/mol. The van der Waals surface area contributed by atoms with Gasteiger partial charge in [0.1, 0.15) is 5.60 Å². The number of hydroxylamine groups is 2. The molecule has 3 aromatic rings. The molecule has 3 rings (SSSR count). The number of thiophene rings is 1. The third kappa shape index (κ3) is 11.6. The molecule has 1 heterocycles. The van der Waals surface area contributed by atoms with Gasteiger partial charge in [0, 0.05) is 17.8 Å². The molecule has 1 aromatic heterocycles. The van der Waals surface area contributed by atoms with Crippen LogP contribution in [0.4, 0.5) is 0 Å². The van der Waals surface area contributed by atoms with Crippen LogP contribution in [0.15, 0.2) is 54.6 Å². The van der Waals surface area contributed by atoms with E-state index < -0.39 is 11.2 Å². The summed E-state index contributed by atoms with van der Waals surface area (Å²) in [5, 5.41) is 5.36. The van der Waals surface area contributed by atoms with E-state index in [2.05, 4.69) is 17.4 Å². The van der Waals surface area contributed by atoms with Crippen molar-refractivity contribution in [1.82, 2.24) is 15.3 Å². The summed E-state index contributed by atoms with van der Waals surface area (Å²) in [5.74, 6) is -0.389. The summed E-state index contributed by atoms with van der Waals surface area (Å²) in [6.45, 7) is 13.4. The molecule has 222 valence electrons. The van der Waals surface area contributed by atoms with Gasteiger partial charge in [-0.25, -0.2) is 5.06 Å². The number of carbonyl (C=O) groups is 3. The molecule has 1 N–H and O–H groups in total. The van der Waals surface area contributed by atoms with Crippen LogP contribution in [0.2, 0.25) is 0 Å². The third-order valence-electron chi connectivity index (χ3n) is 5.95. The highest BCUT2D eigenvalue weighted by Gasteiger charge is 2.20. The third-order valence-corrected chi connectivity index (χ3v) is 7.06. The maximum absolute atomic E-state index is 12.7. The van der Waals surface area contributed by atoms with E-state index in [1.165, 1.54) is 22.0 Å². The molecule has 9 heteroatoms. The highest BCUT2D eigenvalue weighted by atomic mass is 32.1. The number of hydrogen-bond donors (Lipinski definition) is 1. The Kier molecular flexibility index (Phi) is 11.5. The number of carbonyl (C=O) groups excluding carboxylic acids is 3. The van der Waals surface area contributed by atoms with Gasteiger partial charge in [0.25, 0.3) is 5.91 Å². The van der Waals surface area contributed by atoms with Gasteiger partial charge >= 0.3 is 5.97 Å². The Morgan fingerprint density at radius 1 is 0.927 bits per heavy atom. The fraction of sp³-hybridized carbons (Fsp3) is 0.469. The van der Waals surface area contributed by atoms with Crippen LogP contribution in [0.1, 0.15) is 68.8 Å². The molecule has 0 unspecified atom stereocenters. The van der Waals surface area contributed by atoms with Crippen molar-refractivity contribution in [3.63, 3.8) is 0 Å². The van der Waals surface area contributed by atoms with Crippen molar-refractivity contribution >= 4 is 39.7 Å². The zero-order chi connectivity index (χ0) is 30.0. The predicted molar refractivity (Wildman–Crippen MR) is 164 cm³/mol. The van der Waals surface area contributed by atoms with Crippen molar-refractivity contribution in [1.29, 1.82) is 0 Å². The van der Waals surface area contributed by atoms with Crippen LogP contribution in [0, 0.1) is 0 Å². The van der Waals surface area contributed by atoms with Crippen molar-refractivity contribution in [2.75, 3.05) is 26.2 Å². The van der Waals surface area contributed by atoms with Crippen molar-refractivity contribution in [2.24, 2.45) is 0 Å². The van der Waals surface area contributed by atoms with E-state index in [-0.39, 0.29) is 18.4 Å². The van der Waals surface area contributed by atoms with Crippen LogP contribution < -0.4 is 5.32 Å². The molecule has 0 saturated carbocycles. The number of nitrogens with one attached hydrogen (secondary N) is 1. The van der Waals surface area contributed by atoms with Crippen LogP contribution in [0.5, 0.6) is 0 Å². The first-order chi connectivity index (χ1) is 19.3. The Balaban J connectivity index is 1.52. The molecule has 0 radical (unpaired) electrons. The first-order valence-electron chi connectivity index (χ1n) is 14.0. The van der Waals surface area contributed by atoms with Gasteiger partial charge in [0.15, 0.2) is 0 Å². The van der Waals surface area contributed by atoms with Gasteiger partial charge in [-0.3, -0.25) is 24.1 Å². The minimum Gasteiger partial charge on any atom is -0.459 e. The minimum absolute atomic E-state index is 0.107. The van der Waals surface area contributed by atoms with Gasteiger partial charge in [-0.15, -0.1) is 11.3 Å². The van der Waals surface area contributed by atoms with Gasteiger partial charge in [-0.2, -0.15) is 0 Å². The molecule has 2 amide bonds. The smallest absolute Gasteiger partial charge is 0.320 e. The zero-order valence-corrected chi connectivity index (χ0v) is 25.9. The van der Waals surface area contributed by atoms with E-state index in [0.717, 1.165) is 28.5 Å². The molecule has 0 spiro atoms. The Hall–Kier alpha value is -3.27. The van der Waals surface area contributed by atoms with Crippen molar-refractivity contribution < 1.29 is 24.0 Å². The van der Waals surface area contributed by atoms with Crippen molar-refractivity contribution in [3.8, 4) is 0 Å². The van der Waals surface area contributed by atoms with Crippen LogP contribution in [-0.4, -0.2) is 65.6 Å². The van der Waals surface area contributed by atoms with E-state index in [1.807, 2.05) is 88.9 Å². The monoisotopic (exact) mass is 581 g/mol. The maximum Gasteiger partial charge on any atom is 0.320 e. The van der Waals surface area contributed by atoms with Crippen LogP contribution in [0.25, 0.3) is 10.1 Å². The van der Waals surface area contributed by atoms with Gasteiger partial charge in [-0.1, -0.05) is 42.5 Å². The topological polar surface area (TPSA) is 88.2 Å². The molecular weight excluding hydrogens is 538 g/mol. The number of rotatable bonds is 14. The van der Waals surface area contributed by atoms with Crippen LogP contribution in [0.3, 0.4) is 0 Å². The number of benzene rings is 2. The summed E-state index contributed by atoms with van der Waals surface area (Å²) >= 11 is 1.47. The maximum atomic E-state index is 12.7. The largest absolute Gasteiger partial charge is 0.459 e. The van der Waals surface area contributed by atoms with E-state index in [9.17, 15) is 14.4 Å². The second kappa shape index (κ2) is 14.6. The molecule has 2 aromatic carbocycles. The molecule has 0 aliphatic rings. The zero-order valence-electron chi connectivity index (χ0n) is 25.1. The van der Waals surface area contributed by atoms with E-state index >= 15 is 0 Å². The first-order valence-corrected chi connectivity index (χ1v) is 14.8. The normalized spacial score (nSPS) is 12.0. The number of amides is 2. The van der Waals surface area contributed by atoms with E-state index in [4.69, 9.17) is 9.57 Å². The average Bonchev–Trinajstić information content (AvgIpc) is 3.32. The van der Waals surface area contributed by atoms with Crippen molar-refractivity contribution in [3.05, 3.63) is 70.6 Å². The summed E-state index contributed by atoms with van der Waals surface area (Å²) in [4.78, 5) is 45.0. The molecule has 0 saturated heterocycles. The lowest BCUT2D eigenvalue weighted by atomic mass is 10.1. The lowest BCUT2D eigenvalue weighted by Gasteiger charge is -2.26. The van der Waals surface area contributed by atoms with Crippen LogP contribution in [-0.2, 0) is 32.1 Å². The number of fused-ring (bicyclic) bond motifs is 1. The standard InChI is InChI=1S/C32H43N3O5S/c1-31(2,3)39-29(37)22-34(19-17-33-30(38)28-20-26-11-7-8-12-27(26)41-28)18-9-10-24-13-15-25(16-14-24)21-35(23-36)40-32(4,5)6/h7-8,11-16,20,23H,9-10,17-19,21-22H2,1-6H3,(H,33,38). The Bertz CT molecular complexity index is 1260. The second-order valence-electron chi connectivity index (χ2n) is 12.1. The quantitative estimate of drug-likeness (QED) is 0.152. The van der Waals surface area contributed by atoms with Gasteiger partial charge in [-0.05, 0) is 89.6 Å². The van der Waals surface area contributed by atoms with Crippen molar-refractivity contribution in [2.45, 2.75) is 72.1 Å². The fourth-order valence-corrected chi connectivity index (χ4v) is 5.25. The Morgan fingerprint density at radius 3 is 2.24 bits per heavy atom. The number of ether oxygens (including phenoxy) is 1. The van der Waals surface area contributed by atoms with Gasteiger partial charge in [0.05, 0.1) is 23.6 Å². The number of esters is 1. The number of nitrogens with zero attached hydrogens (tertiary/aromatic N) is 2. The fourth-order valence-electron chi connectivity index (χ4n) is 4.28. The molecule has 0 fully saturated rings. The molecule has 0 atom stereocenters. The molecular formula is C32H43N3O5S. The summed E-state index contributed by atoms with van der Waals surface area (Å²) in [5.41, 5.74) is 1.13. The molecule has 41 heavy (non-hydrogen) atoms. The van der Waals surface area contributed by atoms with E-state index in [0.29, 0.717) is 37.5 Å². The number of aryl methyl sites for hydroxylation is 1. The Labute approximate surface area is 247 Å². The second-order valence-corrected chi connectivity index (χ2v) is 13.2. The highest BCUT2D eigenvalue weighted by molar-refractivity contribution is 7.20. The first kappa shape index (κ1) is 32.2. The lowest BCUT2D eigenvalue weighted by molar-refractivity contribution is -0.220. The summed E-state index contributed by atoms with van der Waals surface area (Å²) in [6, 6.07) is 18.0. The van der Waals surface area contributed by atoms with Gasteiger partial charge < -0.3 is 10.1 Å². The van der Waals surface area contributed by atoms with Gasteiger partial charge in [0.2, 0.25) is 6.41 Å². The predicted octanol–water partition coefficient (Wildman–Crippen LogP) is 5.60. The molecule has 0 aliphatic heterocycles. The Morgan fingerprint density at radius 2 is 1.61 bits per heavy atom. The molecule has 8 nitrogen and oxygen atoms in total. The number of hydrogen-bond acceptors (Lipinski definition) is 7. The highest BCUT2D eigenvalue weighted by Crippen LogP contribution is 2.25. The summed E-state index contributed by atoms with van der Waals surface area (Å²) in [6.07, 6.45) is 2.36. The minimum atomic E-state index is -0.558.